The van der Waals surface area contributed by atoms with E-state index in [-0.39, 0.29) is 6.79 Å². The van der Waals surface area contributed by atoms with E-state index in [4.69, 9.17) is 15.2 Å². The summed E-state index contributed by atoms with van der Waals surface area (Å²) in [6.45, 7) is 4.73. The summed E-state index contributed by atoms with van der Waals surface area (Å²) in [5.74, 6) is 1.57. The highest BCUT2D eigenvalue weighted by Gasteiger charge is 2.19. The molecule has 0 saturated heterocycles. The average molecular weight is 245 g/mol. The number of nitrogens with zero attached hydrogens (tertiary/aromatic N) is 1. The standard InChI is InChI=1S/C13H15N3O2/c1-7-3-11-12(18-6-17-11)4-9(7)13-8(2)15-16-10(13)5-14/h3-4H,5-6,14H2,1-2H3,(H,15,16). The van der Waals surface area contributed by atoms with Crippen LogP contribution in [0.2, 0.25) is 0 Å². The van der Waals surface area contributed by atoms with Gasteiger partial charge in [-0.15, -0.1) is 0 Å². The molecule has 0 unspecified atom stereocenters. The number of rotatable bonds is 2. The molecule has 1 aromatic heterocycles. The topological polar surface area (TPSA) is 73.2 Å². The molecule has 0 fully saturated rings. The first-order valence-corrected chi connectivity index (χ1v) is 5.85. The molecule has 0 bridgehead atoms. The van der Waals surface area contributed by atoms with Gasteiger partial charge in [0.25, 0.3) is 0 Å². The lowest BCUT2D eigenvalue weighted by molar-refractivity contribution is 0.174. The summed E-state index contributed by atoms with van der Waals surface area (Å²) < 4.78 is 10.8. The van der Waals surface area contributed by atoms with Gasteiger partial charge in [-0.05, 0) is 37.1 Å². The summed E-state index contributed by atoms with van der Waals surface area (Å²) in [4.78, 5) is 0. The van der Waals surface area contributed by atoms with Crippen molar-refractivity contribution >= 4 is 0 Å². The fraction of sp³-hybridized carbons (Fsp3) is 0.308. The van der Waals surface area contributed by atoms with Crippen LogP contribution >= 0.6 is 0 Å². The molecule has 0 radical (unpaired) electrons. The molecule has 1 aliphatic rings. The van der Waals surface area contributed by atoms with Crippen LogP contribution in [0, 0.1) is 13.8 Å². The van der Waals surface area contributed by atoms with Gasteiger partial charge in [-0.2, -0.15) is 5.10 Å². The van der Waals surface area contributed by atoms with Crippen molar-refractivity contribution < 1.29 is 9.47 Å². The van der Waals surface area contributed by atoms with E-state index >= 15 is 0 Å². The van der Waals surface area contributed by atoms with Crippen molar-refractivity contribution in [1.29, 1.82) is 0 Å². The van der Waals surface area contributed by atoms with Gasteiger partial charge in [-0.25, -0.2) is 0 Å². The highest BCUT2D eigenvalue weighted by molar-refractivity contribution is 5.74. The number of nitrogens with one attached hydrogen (secondary N) is 1. The van der Waals surface area contributed by atoms with Crippen LogP contribution in [0.25, 0.3) is 11.1 Å². The fourth-order valence-corrected chi connectivity index (χ4v) is 2.30. The predicted molar refractivity (Wildman–Crippen MR) is 67.5 cm³/mol. The Kier molecular flexibility index (Phi) is 2.48. The van der Waals surface area contributed by atoms with Crippen molar-refractivity contribution in [3.63, 3.8) is 0 Å². The number of hydrogen-bond donors (Lipinski definition) is 2. The summed E-state index contributed by atoms with van der Waals surface area (Å²) in [5.41, 5.74) is 10.9. The molecule has 3 rings (SSSR count). The van der Waals surface area contributed by atoms with Crippen molar-refractivity contribution in [2.24, 2.45) is 5.73 Å². The molecule has 5 heteroatoms. The molecule has 3 N–H and O–H groups in total. The summed E-state index contributed by atoms with van der Waals surface area (Å²) in [6.07, 6.45) is 0. The molecule has 0 aliphatic carbocycles. The number of aromatic nitrogens is 2. The number of benzene rings is 1. The van der Waals surface area contributed by atoms with Crippen molar-refractivity contribution in [2.75, 3.05) is 6.79 Å². The molecule has 0 spiro atoms. The Balaban J connectivity index is 2.20. The lowest BCUT2D eigenvalue weighted by Crippen LogP contribution is -1.99. The minimum atomic E-state index is 0.284. The summed E-state index contributed by atoms with van der Waals surface area (Å²) in [5, 5.41) is 7.20. The van der Waals surface area contributed by atoms with Crippen molar-refractivity contribution in [3.05, 3.63) is 29.1 Å². The van der Waals surface area contributed by atoms with Gasteiger partial charge in [0.05, 0.1) is 5.69 Å². The van der Waals surface area contributed by atoms with E-state index in [0.29, 0.717) is 6.54 Å². The largest absolute Gasteiger partial charge is 0.454 e. The van der Waals surface area contributed by atoms with Crippen LogP contribution in [0.3, 0.4) is 0 Å². The van der Waals surface area contributed by atoms with Crippen LogP contribution in [-0.4, -0.2) is 17.0 Å². The van der Waals surface area contributed by atoms with Crippen LogP contribution in [-0.2, 0) is 6.54 Å². The first-order chi connectivity index (χ1) is 8.70. The second kappa shape index (κ2) is 4.03. The van der Waals surface area contributed by atoms with E-state index < -0.39 is 0 Å². The Bertz CT molecular complexity index is 605. The number of H-pyrrole nitrogens is 1. The molecule has 1 aromatic carbocycles. The zero-order chi connectivity index (χ0) is 12.7. The predicted octanol–water partition coefficient (Wildman–Crippen LogP) is 1.88. The Morgan fingerprint density at radius 3 is 2.72 bits per heavy atom. The third-order valence-electron chi connectivity index (χ3n) is 3.20. The second-order valence-electron chi connectivity index (χ2n) is 4.39. The fourth-order valence-electron chi connectivity index (χ4n) is 2.30. The van der Waals surface area contributed by atoms with Crippen molar-refractivity contribution in [1.82, 2.24) is 10.2 Å². The molecular formula is C13H15N3O2. The molecule has 94 valence electrons. The average Bonchev–Trinajstić information content (AvgIpc) is 2.94. The van der Waals surface area contributed by atoms with Gasteiger partial charge >= 0.3 is 0 Å². The van der Waals surface area contributed by atoms with E-state index in [1.54, 1.807) is 0 Å². The number of nitrogens with two attached hydrogens (primary N) is 1. The van der Waals surface area contributed by atoms with Gasteiger partial charge in [0.15, 0.2) is 11.5 Å². The van der Waals surface area contributed by atoms with Gasteiger partial charge in [0, 0.05) is 17.8 Å². The highest BCUT2D eigenvalue weighted by atomic mass is 16.7. The number of aromatic amines is 1. The van der Waals surface area contributed by atoms with Gasteiger partial charge in [0.1, 0.15) is 0 Å². The Labute approximate surface area is 105 Å². The van der Waals surface area contributed by atoms with Crippen molar-refractivity contribution in [3.8, 4) is 22.6 Å². The quantitative estimate of drug-likeness (QED) is 0.847. The second-order valence-corrected chi connectivity index (χ2v) is 4.39. The Morgan fingerprint density at radius 2 is 2.00 bits per heavy atom. The van der Waals surface area contributed by atoms with Crippen LogP contribution in [0.4, 0.5) is 0 Å². The molecule has 0 amide bonds. The van der Waals surface area contributed by atoms with Gasteiger partial charge in [-0.3, -0.25) is 5.10 Å². The molecule has 2 heterocycles. The zero-order valence-electron chi connectivity index (χ0n) is 10.4. The van der Waals surface area contributed by atoms with E-state index in [0.717, 1.165) is 39.6 Å². The molecular weight excluding hydrogens is 230 g/mol. The van der Waals surface area contributed by atoms with Crippen LogP contribution in [0.1, 0.15) is 17.0 Å². The first kappa shape index (κ1) is 11.1. The Hall–Kier alpha value is -2.01. The molecule has 2 aromatic rings. The van der Waals surface area contributed by atoms with E-state index in [1.165, 1.54) is 0 Å². The van der Waals surface area contributed by atoms with E-state index in [1.807, 2.05) is 26.0 Å². The third-order valence-corrected chi connectivity index (χ3v) is 3.20. The summed E-state index contributed by atoms with van der Waals surface area (Å²) in [6, 6.07) is 3.99. The molecule has 18 heavy (non-hydrogen) atoms. The number of ether oxygens (including phenoxy) is 2. The maximum absolute atomic E-state index is 5.73. The number of hydrogen-bond acceptors (Lipinski definition) is 4. The normalized spacial score (nSPS) is 13.1. The zero-order valence-corrected chi connectivity index (χ0v) is 10.4. The number of aryl methyl sites for hydroxylation is 2. The van der Waals surface area contributed by atoms with E-state index in [9.17, 15) is 0 Å². The van der Waals surface area contributed by atoms with Crippen LogP contribution in [0.5, 0.6) is 11.5 Å². The molecule has 0 saturated carbocycles. The van der Waals surface area contributed by atoms with Gasteiger partial charge < -0.3 is 15.2 Å². The maximum atomic E-state index is 5.73. The van der Waals surface area contributed by atoms with Gasteiger partial charge in [0.2, 0.25) is 6.79 Å². The lowest BCUT2D eigenvalue weighted by atomic mass is 9.98. The van der Waals surface area contributed by atoms with Crippen LogP contribution in [0.15, 0.2) is 12.1 Å². The Morgan fingerprint density at radius 1 is 1.28 bits per heavy atom. The number of fused-ring (bicyclic) bond motifs is 1. The van der Waals surface area contributed by atoms with Crippen molar-refractivity contribution in [2.45, 2.75) is 20.4 Å². The highest BCUT2D eigenvalue weighted by Crippen LogP contribution is 2.39. The molecule has 1 aliphatic heterocycles. The SMILES string of the molecule is Cc1cc2c(cc1-c1c(CN)n[nH]c1C)OCO2. The van der Waals surface area contributed by atoms with Crippen LogP contribution < -0.4 is 15.2 Å². The molecule has 0 atom stereocenters. The maximum Gasteiger partial charge on any atom is 0.231 e. The van der Waals surface area contributed by atoms with Gasteiger partial charge in [-0.1, -0.05) is 0 Å². The minimum Gasteiger partial charge on any atom is -0.454 e. The summed E-state index contributed by atoms with van der Waals surface area (Å²) >= 11 is 0. The first-order valence-electron chi connectivity index (χ1n) is 5.85. The summed E-state index contributed by atoms with van der Waals surface area (Å²) in [7, 11) is 0. The lowest BCUT2D eigenvalue weighted by Gasteiger charge is -2.08. The van der Waals surface area contributed by atoms with E-state index in [2.05, 4.69) is 10.2 Å². The third kappa shape index (κ3) is 1.55. The minimum absolute atomic E-state index is 0.284. The monoisotopic (exact) mass is 245 g/mol. The molecule has 5 nitrogen and oxygen atoms in total. The smallest absolute Gasteiger partial charge is 0.231 e.